The van der Waals surface area contributed by atoms with E-state index in [1.54, 1.807) is 0 Å². The predicted octanol–water partition coefficient (Wildman–Crippen LogP) is 2.92. The molecule has 2 aromatic rings. The largest absolute Gasteiger partial charge is 0.480 e. The van der Waals surface area contributed by atoms with Gasteiger partial charge in [0.2, 0.25) is 0 Å². The van der Waals surface area contributed by atoms with E-state index < -0.39 is 24.1 Å². The lowest BCUT2D eigenvalue weighted by molar-refractivity contribution is -0.145. The molecule has 1 atom stereocenters. The zero-order valence-corrected chi connectivity index (χ0v) is 14.0. The molecule has 6 nitrogen and oxygen atoms in total. The van der Waals surface area contributed by atoms with Crippen LogP contribution < -0.4 is 0 Å². The molecule has 0 saturated heterocycles. The van der Waals surface area contributed by atoms with Crippen LogP contribution in [0.3, 0.4) is 0 Å². The van der Waals surface area contributed by atoms with Gasteiger partial charge in [-0.05, 0) is 22.3 Å². The maximum absolute atomic E-state index is 12.5. The van der Waals surface area contributed by atoms with Crippen LogP contribution in [0.4, 0.5) is 4.79 Å². The van der Waals surface area contributed by atoms with Gasteiger partial charge in [0, 0.05) is 7.11 Å². The van der Waals surface area contributed by atoms with Crippen molar-refractivity contribution in [2.45, 2.75) is 12.1 Å². The summed E-state index contributed by atoms with van der Waals surface area (Å²) in [5.41, 5.74) is 3.71. The molecule has 1 N–H and O–H groups in total. The second-order valence-electron chi connectivity index (χ2n) is 5.76. The normalized spacial score (nSPS) is 13.7. The highest BCUT2D eigenvalue weighted by molar-refractivity contribution is 5.85. The van der Waals surface area contributed by atoms with Crippen LogP contribution in [0.25, 0.3) is 11.1 Å². The van der Waals surface area contributed by atoms with E-state index in [1.165, 1.54) is 19.1 Å². The van der Waals surface area contributed by atoms with Crippen molar-refractivity contribution in [3.05, 3.63) is 59.7 Å². The number of carbonyl (C=O) groups excluding carboxylic acids is 1. The first-order valence-corrected chi connectivity index (χ1v) is 7.86. The maximum atomic E-state index is 12.5. The minimum Gasteiger partial charge on any atom is -0.480 e. The molecule has 3 rings (SSSR count). The Labute approximate surface area is 145 Å². The van der Waals surface area contributed by atoms with Gasteiger partial charge < -0.3 is 14.6 Å². The first-order valence-electron chi connectivity index (χ1n) is 7.86. The van der Waals surface area contributed by atoms with Crippen molar-refractivity contribution in [3.63, 3.8) is 0 Å². The lowest BCUT2D eigenvalue weighted by Gasteiger charge is -2.33. The number of benzene rings is 2. The van der Waals surface area contributed by atoms with Crippen molar-refractivity contribution in [1.82, 2.24) is 4.90 Å². The van der Waals surface area contributed by atoms with Crippen LogP contribution in [-0.2, 0) is 14.3 Å². The Balaban J connectivity index is 2.19. The van der Waals surface area contributed by atoms with Gasteiger partial charge in [-0.25, -0.2) is 9.59 Å². The summed E-state index contributed by atoms with van der Waals surface area (Å²) < 4.78 is 9.95. The fourth-order valence-corrected chi connectivity index (χ4v) is 3.38. The highest BCUT2D eigenvalue weighted by atomic mass is 16.5. The molecule has 0 fully saturated rings. The maximum Gasteiger partial charge on any atom is 0.411 e. The summed E-state index contributed by atoms with van der Waals surface area (Å²) in [5.74, 6) is -1.14. The number of carboxylic acids is 1. The summed E-state index contributed by atoms with van der Waals surface area (Å²) in [6.45, 7) is -0.134. The molecule has 1 amide bonds. The third-order valence-corrected chi connectivity index (χ3v) is 4.41. The molecule has 6 heteroatoms. The summed E-state index contributed by atoms with van der Waals surface area (Å²) in [6.07, 6.45) is -0.707. The number of hydrogen-bond acceptors (Lipinski definition) is 4. The first kappa shape index (κ1) is 17.0. The lowest BCUT2D eigenvalue weighted by Crippen LogP contribution is -2.49. The van der Waals surface area contributed by atoms with Crippen LogP contribution in [0, 0.1) is 0 Å². The Morgan fingerprint density at radius 2 is 1.56 bits per heavy atom. The van der Waals surface area contributed by atoms with Gasteiger partial charge >= 0.3 is 12.1 Å². The molecule has 0 unspecified atom stereocenters. The molecule has 1 aliphatic rings. The highest BCUT2D eigenvalue weighted by Gasteiger charge is 2.42. The number of nitrogens with zero attached hydrogens (tertiary/aromatic N) is 1. The van der Waals surface area contributed by atoms with Crippen molar-refractivity contribution in [1.29, 1.82) is 0 Å². The number of rotatable bonds is 5. The van der Waals surface area contributed by atoms with E-state index in [2.05, 4.69) is 0 Å². The quantitative estimate of drug-likeness (QED) is 0.905. The highest BCUT2D eigenvalue weighted by Crippen LogP contribution is 2.47. The second kappa shape index (κ2) is 6.94. The SMILES string of the molecule is COC[C@@H](C(=O)O)N(C(=O)OC)C1c2ccccc2-c2ccccc21. The molecule has 130 valence electrons. The molecular weight excluding hydrogens is 322 g/mol. The summed E-state index contributed by atoms with van der Waals surface area (Å²) in [5, 5.41) is 9.65. The molecule has 25 heavy (non-hydrogen) atoms. The third kappa shape index (κ3) is 2.85. The summed E-state index contributed by atoms with van der Waals surface area (Å²) in [6, 6.07) is 13.6. The van der Waals surface area contributed by atoms with Crippen LogP contribution in [0.15, 0.2) is 48.5 Å². The Kier molecular flexibility index (Phi) is 4.72. The topological polar surface area (TPSA) is 76.1 Å². The number of carbonyl (C=O) groups is 2. The van der Waals surface area contributed by atoms with E-state index >= 15 is 0 Å². The van der Waals surface area contributed by atoms with E-state index in [9.17, 15) is 14.7 Å². The van der Waals surface area contributed by atoms with Gasteiger partial charge in [-0.15, -0.1) is 0 Å². The Bertz CT molecular complexity index is 758. The van der Waals surface area contributed by atoms with Crippen LogP contribution in [0.2, 0.25) is 0 Å². The van der Waals surface area contributed by atoms with Crippen molar-refractivity contribution < 1.29 is 24.2 Å². The first-order chi connectivity index (χ1) is 12.1. The second-order valence-corrected chi connectivity index (χ2v) is 5.76. The number of aliphatic carboxylic acids is 1. The number of methoxy groups -OCH3 is 2. The van der Waals surface area contributed by atoms with Gasteiger partial charge in [0.05, 0.1) is 19.8 Å². The molecule has 0 aromatic heterocycles. The van der Waals surface area contributed by atoms with Crippen molar-refractivity contribution in [2.24, 2.45) is 0 Å². The van der Waals surface area contributed by atoms with E-state index in [4.69, 9.17) is 9.47 Å². The molecular formula is C19H19NO5. The lowest BCUT2D eigenvalue weighted by atomic mass is 10.0. The minimum atomic E-state index is -1.17. The number of fused-ring (bicyclic) bond motifs is 3. The molecule has 2 aromatic carbocycles. The standard InChI is InChI=1S/C19H19NO5/c1-24-11-16(18(21)22)20(19(23)25-2)17-14-9-5-3-7-12(14)13-8-4-6-10-15(13)17/h3-10,16-17H,11H2,1-2H3,(H,21,22)/t16-/m0/s1. The minimum absolute atomic E-state index is 0.134. The summed E-state index contributed by atoms with van der Waals surface area (Å²) >= 11 is 0. The average molecular weight is 341 g/mol. The molecule has 0 spiro atoms. The molecule has 1 aliphatic carbocycles. The van der Waals surface area contributed by atoms with Crippen LogP contribution in [0.5, 0.6) is 0 Å². The van der Waals surface area contributed by atoms with Gasteiger partial charge in [0.25, 0.3) is 0 Å². The van der Waals surface area contributed by atoms with Crippen LogP contribution in [0.1, 0.15) is 17.2 Å². The number of amides is 1. The Hall–Kier alpha value is -2.86. The molecule has 0 bridgehead atoms. The van der Waals surface area contributed by atoms with Crippen molar-refractivity contribution >= 4 is 12.1 Å². The number of carboxylic acid groups (broad SMARTS) is 1. The van der Waals surface area contributed by atoms with E-state index in [0.29, 0.717) is 0 Å². The molecule has 0 heterocycles. The van der Waals surface area contributed by atoms with Gasteiger partial charge in [-0.3, -0.25) is 4.90 Å². The fourth-order valence-electron chi connectivity index (χ4n) is 3.38. The monoisotopic (exact) mass is 341 g/mol. The van der Waals surface area contributed by atoms with Crippen LogP contribution in [-0.4, -0.2) is 48.9 Å². The Morgan fingerprint density at radius 3 is 2.00 bits per heavy atom. The third-order valence-electron chi connectivity index (χ3n) is 4.41. The van der Waals surface area contributed by atoms with Gasteiger partial charge in [-0.1, -0.05) is 48.5 Å². The zero-order chi connectivity index (χ0) is 18.0. The van der Waals surface area contributed by atoms with Gasteiger partial charge in [-0.2, -0.15) is 0 Å². The molecule has 0 saturated carbocycles. The van der Waals surface area contributed by atoms with Gasteiger partial charge in [0.1, 0.15) is 0 Å². The summed E-state index contributed by atoms with van der Waals surface area (Å²) in [7, 11) is 2.65. The predicted molar refractivity (Wildman–Crippen MR) is 91.3 cm³/mol. The van der Waals surface area contributed by atoms with E-state index in [-0.39, 0.29) is 6.61 Å². The zero-order valence-electron chi connectivity index (χ0n) is 14.0. The number of hydrogen-bond donors (Lipinski definition) is 1. The van der Waals surface area contributed by atoms with Crippen molar-refractivity contribution in [2.75, 3.05) is 20.8 Å². The Morgan fingerprint density at radius 1 is 1.04 bits per heavy atom. The van der Waals surface area contributed by atoms with E-state index in [0.717, 1.165) is 22.3 Å². The smallest absolute Gasteiger partial charge is 0.411 e. The van der Waals surface area contributed by atoms with Crippen LogP contribution >= 0.6 is 0 Å². The average Bonchev–Trinajstić information content (AvgIpc) is 2.96. The van der Waals surface area contributed by atoms with Crippen molar-refractivity contribution in [3.8, 4) is 11.1 Å². The van der Waals surface area contributed by atoms with E-state index in [1.807, 2.05) is 48.5 Å². The molecule has 0 radical (unpaired) electrons. The summed E-state index contributed by atoms with van der Waals surface area (Å²) in [4.78, 5) is 25.6. The number of ether oxygens (including phenoxy) is 2. The fraction of sp³-hybridized carbons (Fsp3) is 0.263. The van der Waals surface area contributed by atoms with Gasteiger partial charge in [0.15, 0.2) is 6.04 Å². The molecule has 0 aliphatic heterocycles.